The first-order valence-electron chi connectivity index (χ1n) is 7.52. The summed E-state index contributed by atoms with van der Waals surface area (Å²) in [7, 11) is 0. The number of esters is 1. The van der Waals surface area contributed by atoms with Crippen LogP contribution in [0.25, 0.3) is 0 Å². The molecule has 1 unspecified atom stereocenters. The van der Waals surface area contributed by atoms with Crippen LogP contribution in [0.5, 0.6) is 0 Å². The average Bonchev–Trinajstić information content (AvgIpc) is 2.44. The van der Waals surface area contributed by atoms with Gasteiger partial charge in [0.25, 0.3) is 0 Å². The van der Waals surface area contributed by atoms with Gasteiger partial charge in [0, 0.05) is 6.21 Å². The molecule has 0 aromatic heterocycles. The maximum absolute atomic E-state index is 12.4. The summed E-state index contributed by atoms with van der Waals surface area (Å²) in [4.78, 5) is 24.6. The summed E-state index contributed by atoms with van der Waals surface area (Å²) in [5, 5.41) is 3.75. The number of carbonyl (C=O) groups excluding carboxylic acids is 2. The number of carbonyl (C=O) groups is 2. The first-order chi connectivity index (χ1) is 9.68. The zero-order valence-corrected chi connectivity index (χ0v) is 14.4. The van der Waals surface area contributed by atoms with Crippen LogP contribution in [-0.4, -0.2) is 48.4 Å². The minimum absolute atomic E-state index is 0.382. The van der Waals surface area contributed by atoms with Crippen LogP contribution >= 0.6 is 0 Å². The molecule has 6 heteroatoms. The molecular formula is C15H30N3O3+. The smallest absolute Gasteiger partial charge is 0.340 e. The fraction of sp³-hybridized carbons (Fsp3) is 0.800. The van der Waals surface area contributed by atoms with Gasteiger partial charge in [-0.05, 0) is 48.5 Å². The Morgan fingerprint density at radius 2 is 1.67 bits per heavy atom. The standard InChI is InChI=1S/C15H29N3O3/c1-8-16-17-12(19)13(18(9-2,10-3)11-4)21-14(20)15(5,6)7/h8,13H,9-11H2,1-7H3/p+1/b16-8+. The van der Waals surface area contributed by atoms with E-state index in [1.807, 2.05) is 20.8 Å². The summed E-state index contributed by atoms with van der Waals surface area (Å²) in [5.41, 5.74) is 1.78. The summed E-state index contributed by atoms with van der Waals surface area (Å²) >= 11 is 0. The Balaban J connectivity index is 5.46. The lowest BCUT2D eigenvalue weighted by Gasteiger charge is -2.40. The van der Waals surface area contributed by atoms with Crippen LogP contribution < -0.4 is 5.43 Å². The number of likely N-dealkylation sites (N-methyl/N-ethyl adjacent to an activating group) is 1. The second-order valence-corrected chi connectivity index (χ2v) is 6.04. The fourth-order valence-corrected chi connectivity index (χ4v) is 2.04. The topological polar surface area (TPSA) is 67.8 Å². The van der Waals surface area contributed by atoms with Gasteiger partial charge in [0.15, 0.2) is 0 Å². The van der Waals surface area contributed by atoms with Gasteiger partial charge in [-0.2, -0.15) is 5.10 Å². The van der Waals surface area contributed by atoms with Gasteiger partial charge < -0.3 is 4.74 Å². The summed E-state index contributed by atoms with van der Waals surface area (Å²) < 4.78 is 5.94. The Morgan fingerprint density at radius 3 is 2.00 bits per heavy atom. The molecule has 0 aromatic carbocycles. The van der Waals surface area contributed by atoms with E-state index < -0.39 is 17.6 Å². The molecule has 0 heterocycles. The minimum atomic E-state index is -0.888. The largest absolute Gasteiger partial charge is 0.402 e. The summed E-state index contributed by atoms with van der Waals surface area (Å²) in [6, 6.07) is 0. The SMILES string of the molecule is C/C=N/NC(=O)C(OC(=O)C(C)(C)C)[N+](CC)(CC)CC. The van der Waals surface area contributed by atoms with Crippen molar-refractivity contribution in [2.45, 2.75) is 54.7 Å². The molecule has 0 spiro atoms. The number of hydrogen-bond donors (Lipinski definition) is 1. The fourth-order valence-electron chi connectivity index (χ4n) is 2.04. The molecule has 0 saturated heterocycles. The molecule has 0 aliphatic rings. The highest BCUT2D eigenvalue weighted by Crippen LogP contribution is 2.21. The normalized spacial score (nSPS) is 14.0. The summed E-state index contributed by atoms with van der Waals surface area (Å²) in [6.45, 7) is 15.1. The molecule has 0 aliphatic heterocycles. The number of amides is 1. The van der Waals surface area contributed by atoms with E-state index in [1.54, 1.807) is 27.7 Å². The maximum atomic E-state index is 12.4. The van der Waals surface area contributed by atoms with Crippen molar-refractivity contribution in [3.8, 4) is 0 Å². The monoisotopic (exact) mass is 300 g/mol. The van der Waals surface area contributed by atoms with Crippen LogP contribution in [-0.2, 0) is 14.3 Å². The lowest BCUT2D eigenvalue weighted by atomic mass is 9.97. The van der Waals surface area contributed by atoms with Crippen molar-refractivity contribution in [3.63, 3.8) is 0 Å². The Morgan fingerprint density at radius 1 is 1.19 bits per heavy atom. The molecule has 0 bridgehead atoms. The summed E-state index contributed by atoms with van der Waals surface area (Å²) in [6.07, 6.45) is 0.597. The zero-order valence-electron chi connectivity index (χ0n) is 14.4. The van der Waals surface area contributed by atoms with Crippen LogP contribution in [0.3, 0.4) is 0 Å². The number of hydrogen-bond acceptors (Lipinski definition) is 4. The molecular weight excluding hydrogens is 270 g/mol. The van der Waals surface area contributed by atoms with Gasteiger partial charge in [0.1, 0.15) is 0 Å². The van der Waals surface area contributed by atoms with Crippen molar-refractivity contribution in [2.24, 2.45) is 10.5 Å². The zero-order chi connectivity index (χ0) is 16.7. The Kier molecular flexibility index (Phi) is 7.57. The third-order valence-electron chi connectivity index (χ3n) is 3.75. The molecule has 1 amide bonds. The highest BCUT2D eigenvalue weighted by atomic mass is 16.6. The molecule has 0 fully saturated rings. The number of rotatable bonds is 7. The number of ether oxygens (including phenoxy) is 1. The molecule has 122 valence electrons. The van der Waals surface area contributed by atoms with Gasteiger partial charge in [-0.15, -0.1) is 0 Å². The van der Waals surface area contributed by atoms with Crippen LogP contribution in [0.15, 0.2) is 5.10 Å². The van der Waals surface area contributed by atoms with E-state index in [2.05, 4.69) is 10.5 Å². The van der Waals surface area contributed by atoms with Crippen LogP contribution in [0.2, 0.25) is 0 Å². The van der Waals surface area contributed by atoms with Gasteiger partial charge in [0.05, 0.1) is 25.0 Å². The van der Waals surface area contributed by atoms with E-state index in [4.69, 9.17) is 4.74 Å². The van der Waals surface area contributed by atoms with Gasteiger partial charge in [-0.3, -0.25) is 14.1 Å². The van der Waals surface area contributed by atoms with E-state index in [9.17, 15) is 9.59 Å². The van der Waals surface area contributed by atoms with Crippen molar-refractivity contribution in [1.82, 2.24) is 5.43 Å². The molecule has 0 aliphatic carbocycles. The predicted molar refractivity (Wildman–Crippen MR) is 83.5 cm³/mol. The first kappa shape index (κ1) is 19.6. The van der Waals surface area contributed by atoms with Gasteiger partial charge in [-0.1, -0.05) is 0 Å². The van der Waals surface area contributed by atoms with E-state index >= 15 is 0 Å². The Hall–Kier alpha value is -1.43. The second kappa shape index (κ2) is 8.12. The van der Waals surface area contributed by atoms with E-state index in [0.717, 1.165) is 0 Å². The van der Waals surface area contributed by atoms with E-state index in [0.29, 0.717) is 24.1 Å². The minimum Gasteiger partial charge on any atom is -0.402 e. The molecule has 0 rings (SSSR count). The number of nitrogens with one attached hydrogen (secondary N) is 1. The third kappa shape index (κ3) is 5.12. The molecule has 21 heavy (non-hydrogen) atoms. The molecule has 6 nitrogen and oxygen atoms in total. The predicted octanol–water partition coefficient (Wildman–Crippen LogP) is 1.90. The Labute approximate surface area is 128 Å². The average molecular weight is 300 g/mol. The van der Waals surface area contributed by atoms with Gasteiger partial charge >= 0.3 is 18.1 Å². The summed E-state index contributed by atoms with van der Waals surface area (Å²) in [5.74, 6) is -0.780. The highest BCUT2D eigenvalue weighted by Gasteiger charge is 2.43. The molecule has 0 saturated carbocycles. The van der Waals surface area contributed by atoms with Crippen LogP contribution in [0.4, 0.5) is 0 Å². The van der Waals surface area contributed by atoms with Crippen molar-refractivity contribution >= 4 is 18.1 Å². The van der Waals surface area contributed by atoms with Gasteiger partial charge in [0.2, 0.25) is 0 Å². The maximum Gasteiger partial charge on any atom is 0.340 e. The highest BCUT2D eigenvalue weighted by molar-refractivity contribution is 5.84. The Bertz CT molecular complexity index is 374. The van der Waals surface area contributed by atoms with Crippen molar-refractivity contribution in [3.05, 3.63) is 0 Å². The second-order valence-electron chi connectivity index (χ2n) is 6.04. The van der Waals surface area contributed by atoms with E-state index in [-0.39, 0.29) is 5.97 Å². The number of nitrogens with zero attached hydrogens (tertiary/aromatic N) is 2. The third-order valence-corrected chi connectivity index (χ3v) is 3.75. The van der Waals surface area contributed by atoms with Crippen LogP contribution in [0.1, 0.15) is 48.5 Å². The molecule has 0 aromatic rings. The van der Waals surface area contributed by atoms with Crippen LogP contribution in [0, 0.1) is 5.41 Å². The lowest BCUT2D eigenvalue weighted by Crippen LogP contribution is -2.62. The van der Waals surface area contributed by atoms with Crippen molar-refractivity contribution < 1.29 is 18.8 Å². The lowest BCUT2D eigenvalue weighted by molar-refractivity contribution is -0.955. The first-order valence-corrected chi connectivity index (χ1v) is 7.52. The molecule has 1 atom stereocenters. The number of quaternary nitrogens is 1. The van der Waals surface area contributed by atoms with Crippen molar-refractivity contribution in [2.75, 3.05) is 19.6 Å². The quantitative estimate of drug-likeness (QED) is 0.257. The van der Waals surface area contributed by atoms with Crippen molar-refractivity contribution in [1.29, 1.82) is 0 Å². The van der Waals surface area contributed by atoms with Gasteiger partial charge in [-0.25, -0.2) is 5.43 Å². The van der Waals surface area contributed by atoms with E-state index in [1.165, 1.54) is 6.21 Å². The molecule has 0 radical (unpaired) electrons. The number of hydrazone groups is 1. The molecule has 1 N–H and O–H groups in total.